The van der Waals surface area contributed by atoms with Crippen LogP contribution in [0, 0.1) is 0 Å². The van der Waals surface area contributed by atoms with Crippen molar-refractivity contribution in [2.45, 2.75) is 25.2 Å². The second kappa shape index (κ2) is 11.2. The molecule has 1 heterocycles. The first-order valence-electron chi connectivity index (χ1n) is 9.31. The van der Waals surface area contributed by atoms with Gasteiger partial charge in [0.15, 0.2) is 11.0 Å². The van der Waals surface area contributed by atoms with Gasteiger partial charge in [-0.15, -0.1) is 10.2 Å². The van der Waals surface area contributed by atoms with Crippen LogP contribution >= 0.6 is 39.3 Å². The standard InChI is InChI=1S/C20H20BrClN6O2S/c1-2-28-18(11-23-16-6-4-15(22)5-7-16)25-27-20(28)31-12-19(30)26-24-10-13-9-14(21)3-8-17(13)29/h3-10,23,29H,2,11-12H2,1H3,(H,26,30)/b24-10+. The first-order chi connectivity index (χ1) is 15.0. The number of anilines is 1. The van der Waals surface area contributed by atoms with Gasteiger partial charge in [-0.2, -0.15) is 5.10 Å². The van der Waals surface area contributed by atoms with Gasteiger partial charge in [-0.3, -0.25) is 4.79 Å². The number of aromatic hydroxyl groups is 1. The summed E-state index contributed by atoms with van der Waals surface area (Å²) < 4.78 is 2.75. The maximum Gasteiger partial charge on any atom is 0.250 e. The summed E-state index contributed by atoms with van der Waals surface area (Å²) in [5, 5.41) is 26.7. The molecule has 0 aliphatic carbocycles. The Morgan fingerprint density at radius 3 is 2.81 bits per heavy atom. The normalized spacial score (nSPS) is 11.1. The fourth-order valence-electron chi connectivity index (χ4n) is 2.59. The van der Waals surface area contributed by atoms with Gasteiger partial charge in [-0.25, -0.2) is 5.43 Å². The molecule has 0 spiro atoms. The number of thioether (sulfide) groups is 1. The number of hydrazone groups is 1. The lowest BCUT2D eigenvalue weighted by atomic mass is 10.2. The lowest BCUT2D eigenvalue weighted by Gasteiger charge is -2.09. The third-order valence-corrected chi connectivity index (χ3v) is 5.83. The number of halogens is 2. The van der Waals surface area contributed by atoms with E-state index in [0.29, 0.717) is 28.8 Å². The quantitative estimate of drug-likeness (QED) is 0.220. The van der Waals surface area contributed by atoms with Gasteiger partial charge in [0.1, 0.15) is 5.75 Å². The smallest absolute Gasteiger partial charge is 0.250 e. The largest absolute Gasteiger partial charge is 0.507 e. The Bertz CT molecular complexity index is 1070. The second-order valence-electron chi connectivity index (χ2n) is 6.29. The third-order valence-electron chi connectivity index (χ3n) is 4.12. The van der Waals surface area contributed by atoms with E-state index in [2.05, 4.69) is 42.0 Å². The van der Waals surface area contributed by atoms with Crippen LogP contribution < -0.4 is 10.7 Å². The lowest BCUT2D eigenvalue weighted by Crippen LogP contribution is -2.20. The molecular formula is C20H20BrClN6O2S. The van der Waals surface area contributed by atoms with Crippen molar-refractivity contribution in [2.75, 3.05) is 11.1 Å². The van der Waals surface area contributed by atoms with Crippen LogP contribution in [0.15, 0.2) is 57.2 Å². The predicted octanol–water partition coefficient (Wildman–Crippen LogP) is 4.27. The fraction of sp³-hybridized carbons (Fsp3) is 0.200. The van der Waals surface area contributed by atoms with Gasteiger partial charge >= 0.3 is 0 Å². The van der Waals surface area contributed by atoms with Crippen molar-refractivity contribution in [1.82, 2.24) is 20.2 Å². The maximum atomic E-state index is 12.1. The topological polar surface area (TPSA) is 104 Å². The lowest BCUT2D eigenvalue weighted by molar-refractivity contribution is -0.118. The fourth-order valence-corrected chi connectivity index (χ4v) is 3.91. The number of benzene rings is 2. The van der Waals surface area contributed by atoms with Crippen LogP contribution in [0.3, 0.4) is 0 Å². The van der Waals surface area contributed by atoms with Crippen LogP contribution in [-0.4, -0.2) is 37.7 Å². The predicted molar refractivity (Wildman–Crippen MR) is 127 cm³/mol. The number of phenolic OH excluding ortho intramolecular Hbond substituents is 1. The summed E-state index contributed by atoms with van der Waals surface area (Å²) >= 11 is 10.5. The molecule has 3 aromatic rings. The van der Waals surface area contributed by atoms with Crippen molar-refractivity contribution in [1.29, 1.82) is 0 Å². The minimum atomic E-state index is -0.290. The Balaban J connectivity index is 1.52. The highest BCUT2D eigenvalue weighted by atomic mass is 79.9. The van der Waals surface area contributed by atoms with Gasteiger partial charge in [-0.1, -0.05) is 39.3 Å². The van der Waals surface area contributed by atoms with Gasteiger partial charge in [0.05, 0.1) is 18.5 Å². The summed E-state index contributed by atoms with van der Waals surface area (Å²) in [7, 11) is 0. The summed E-state index contributed by atoms with van der Waals surface area (Å²) in [5.74, 6) is 0.682. The molecule has 1 amide bonds. The van der Waals surface area contributed by atoms with E-state index in [4.69, 9.17) is 11.6 Å². The van der Waals surface area contributed by atoms with Gasteiger partial charge in [0.2, 0.25) is 0 Å². The van der Waals surface area contributed by atoms with Crippen LogP contribution in [0.25, 0.3) is 0 Å². The molecule has 3 N–H and O–H groups in total. The summed E-state index contributed by atoms with van der Waals surface area (Å²) in [6.07, 6.45) is 1.39. The molecule has 0 atom stereocenters. The molecule has 0 unspecified atom stereocenters. The molecule has 8 nitrogen and oxygen atoms in total. The van der Waals surface area contributed by atoms with E-state index >= 15 is 0 Å². The van der Waals surface area contributed by atoms with E-state index in [1.807, 2.05) is 35.8 Å². The van der Waals surface area contributed by atoms with Gasteiger partial charge in [-0.05, 0) is 49.4 Å². The first-order valence-corrected chi connectivity index (χ1v) is 11.5. The molecule has 0 aliphatic rings. The summed E-state index contributed by atoms with van der Waals surface area (Å²) in [6, 6.07) is 12.4. The van der Waals surface area contributed by atoms with Crippen molar-refractivity contribution >= 4 is 57.1 Å². The van der Waals surface area contributed by atoms with E-state index in [1.165, 1.54) is 18.0 Å². The number of carbonyl (C=O) groups excluding carboxylic acids is 1. The van der Waals surface area contributed by atoms with Crippen LogP contribution in [0.4, 0.5) is 5.69 Å². The maximum absolute atomic E-state index is 12.1. The number of nitrogens with one attached hydrogen (secondary N) is 2. The number of amides is 1. The number of hydrogen-bond donors (Lipinski definition) is 3. The molecule has 1 aromatic heterocycles. The Kier molecular flexibility index (Phi) is 8.33. The number of aromatic nitrogens is 3. The molecule has 31 heavy (non-hydrogen) atoms. The van der Waals surface area contributed by atoms with Gasteiger partial charge < -0.3 is 15.0 Å². The number of hydrogen-bond acceptors (Lipinski definition) is 7. The van der Waals surface area contributed by atoms with Crippen LogP contribution in [0.2, 0.25) is 5.02 Å². The molecule has 0 bridgehead atoms. The van der Waals surface area contributed by atoms with E-state index in [0.717, 1.165) is 16.0 Å². The highest BCUT2D eigenvalue weighted by Gasteiger charge is 2.13. The molecular weight excluding hydrogens is 504 g/mol. The molecule has 0 fully saturated rings. The van der Waals surface area contributed by atoms with Gasteiger partial charge in [0, 0.05) is 27.3 Å². The van der Waals surface area contributed by atoms with Crippen molar-refractivity contribution in [3.8, 4) is 5.75 Å². The van der Waals surface area contributed by atoms with Gasteiger partial charge in [0.25, 0.3) is 5.91 Å². The number of nitrogens with zero attached hydrogens (tertiary/aromatic N) is 4. The van der Waals surface area contributed by atoms with E-state index < -0.39 is 0 Å². The van der Waals surface area contributed by atoms with Crippen LogP contribution in [0.1, 0.15) is 18.3 Å². The zero-order valence-corrected chi connectivity index (χ0v) is 19.7. The molecule has 11 heteroatoms. The Morgan fingerprint density at radius 1 is 1.29 bits per heavy atom. The molecule has 0 saturated carbocycles. The van der Waals surface area contributed by atoms with Crippen molar-refractivity contribution in [3.05, 3.63) is 63.3 Å². The molecule has 2 aromatic carbocycles. The Morgan fingerprint density at radius 2 is 2.06 bits per heavy atom. The highest BCUT2D eigenvalue weighted by Crippen LogP contribution is 2.20. The minimum Gasteiger partial charge on any atom is -0.507 e. The van der Waals surface area contributed by atoms with E-state index in [9.17, 15) is 9.90 Å². The summed E-state index contributed by atoms with van der Waals surface area (Å²) in [4.78, 5) is 12.1. The zero-order valence-electron chi connectivity index (χ0n) is 16.5. The molecule has 0 aliphatic heterocycles. The van der Waals surface area contributed by atoms with Crippen LogP contribution in [-0.2, 0) is 17.9 Å². The Labute approximate surface area is 197 Å². The molecule has 162 valence electrons. The number of carbonyl (C=O) groups is 1. The average Bonchev–Trinajstić information content (AvgIpc) is 3.16. The van der Waals surface area contributed by atoms with Crippen LogP contribution in [0.5, 0.6) is 5.75 Å². The number of rotatable bonds is 9. The minimum absolute atomic E-state index is 0.0753. The van der Waals surface area contributed by atoms with E-state index in [-0.39, 0.29) is 17.4 Å². The highest BCUT2D eigenvalue weighted by molar-refractivity contribution is 9.10. The van der Waals surface area contributed by atoms with Crippen molar-refractivity contribution < 1.29 is 9.90 Å². The average molecular weight is 524 g/mol. The molecule has 0 saturated heterocycles. The molecule has 0 radical (unpaired) electrons. The summed E-state index contributed by atoms with van der Waals surface area (Å²) in [5.41, 5.74) is 3.87. The zero-order chi connectivity index (χ0) is 22.2. The molecule has 3 rings (SSSR count). The Hall–Kier alpha value is -2.56. The third kappa shape index (κ3) is 6.71. The number of phenols is 1. The summed E-state index contributed by atoms with van der Waals surface area (Å²) in [6.45, 7) is 3.17. The first kappa shape index (κ1) is 23.1. The second-order valence-corrected chi connectivity index (χ2v) is 8.58. The van der Waals surface area contributed by atoms with E-state index in [1.54, 1.807) is 18.2 Å². The monoisotopic (exact) mass is 522 g/mol. The SMILES string of the molecule is CCn1c(CNc2ccc(Cl)cc2)nnc1SCC(=O)N/N=C/c1cc(Br)ccc1O. The van der Waals surface area contributed by atoms with Crippen molar-refractivity contribution in [2.24, 2.45) is 5.10 Å². The van der Waals surface area contributed by atoms with Crippen molar-refractivity contribution in [3.63, 3.8) is 0 Å².